The highest BCUT2D eigenvalue weighted by atomic mass is 32.1. The van der Waals surface area contributed by atoms with Crippen molar-refractivity contribution < 1.29 is 9.18 Å². The molecule has 0 fully saturated rings. The highest BCUT2D eigenvalue weighted by Crippen LogP contribution is 2.23. The molecule has 0 aliphatic heterocycles. The molecule has 1 N–H and O–H groups in total. The summed E-state index contributed by atoms with van der Waals surface area (Å²) in [4.78, 5) is 17.6. The predicted octanol–water partition coefficient (Wildman–Crippen LogP) is 4.62. The van der Waals surface area contributed by atoms with Crippen molar-refractivity contribution in [1.29, 1.82) is 0 Å². The minimum Gasteiger partial charge on any atom is -0.296 e. The number of aromatic nitrogens is 3. The number of hydrogen-bond acceptors (Lipinski definition) is 4. The van der Waals surface area contributed by atoms with E-state index in [1.165, 1.54) is 17.4 Å². The van der Waals surface area contributed by atoms with E-state index in [2.05, 4.69) is 15.4 Å². The van der Waals surface area contributed by atoms with Gasteiger partial charge < -0.3 is 0 Å². The first kappa shape index (κ1) is 18.1. The Morgan fingerprint density at radius 3 is 2.68 bits per heavy atom. The van der Waals surface area contributed by atoms with Gasteiger partial charge in [-0.1, -0.05) is 36.4 Å². The Morgan fingerprint density at radius 1 is 1.14 bits per heavy atom. The highest BCUT2D eigenvalue weighted by molar-refractivity contribution is 7.15. The average molecular weight is 392 g/mol. The summed E-state index contributed by atoms with van der Waals surface area (Å²) < 4.78 is 15.5. The van der Waals surface area contributed by atoms with Crippen LogP contribution in [0.1, 0.15) is 26.6 Å². The average Bonchev–Trinajstić information content (AvgIpc) is 3.31. The van der Waals surface area contributed by atoms with E-state index in [4.69, 9.17) is 0 Å². The van der Waals surface area contributed by atoms with Crippen LogP contribution in [0, 0.1) is 12.7 Å². The number of aryl methyl sites for hydroxylation is 1. The van der Waals surface area contributed by atoms with E-state index in [9.17, 15) is 9.18 Å². The number of amides is 1. The molecule has 4 aromatic rings. The fourth-order valence-electron chi connectivity index (χ4n) is 2.85. The van der Waals surface area contributed by atoms with Gasteiger partial charge in [0.1, 0.15) is 5.82 Å². The largest absolute Gasteiger partial charge is 0.296 e. The Hall–Kier alpha value is -3.32. The molecule has 0 unspecified atom stereocenters. The lowest BCUT2D eigenvalue weighted by Gasteiger charge is -2.02. The summed E-state index contributed by atoms with van der Waals surface area (Å²) in [7, 11) is 0. The van der Waals surface area contributed by atoms with Gasteiger partial charge in [-0.15, -0.1) is 11.3 Å². The molecule has 2 heterocycles. The Labute approximate surface area is 165 Å². The number of carbonyl (C=O) groups excluding carboxylic acids is 1. The van der Waals surface area contributed by atoms with Crippen LogP contribution >= 0.6 is 11.3 Å². The summed E-state index contributed by atoms with van der Waals surface area (Å²) in [6.45, 7) is 1.90. The van der Waals surface area contributed by atoms with Crippen molar-refractivity contribution in [1.82, 2.24) is 14.8 Å². The SMILES string of the molecule is Cc1cc(C(=O)Nc2ncc(Cc3ccccc3F)s2)nn1-c1ccccc1. The normalized spacial score (nSPS) is 10.8. The number of nitrogens with zero attached hydrogens (tertiary/aromatic N) is 3. The molecule has 140 valence electrons. The van der Waals surface area contributed by atoms with Crippen molar-refractivity contribution in [2.24, 2.45) is 0 Å². The van der Waals surface area contributed by atoms with Crippen LogP contribution in [0.25, 0.3) is 5.69 Å². The maximum absolute atomic E-state index is 13.8. The summed E-state index contributed by atoms with van der Waals surface area (Å²) in [5.74, 6) is -0.576. The molecule has 0 spiro atoms. The van der Waals surface area contributed by atoms with Gasteiger partial charge >= 0.3 is 0 Å². The molecule has 0 atom stereocenters. The van der Waals surface area contributed by atoms with Crippen LogP contribution in [0.4, 0.5) is 9.52 Å². The van der Waals surface area contributed by atoms with E-state index in [0.29, 0.717) is 22.8 Å². The Balaban J connectivity index is 1.48. The molecule has 0 bridgehead atoms. The number of halogens is 1. The van der Waals surface area contributed by atoms with Gasteiger partial charge in [-0.25, -0.2) is 14.1 Å². The van der Waals surface area contributed by atoms with Gasteiger partial charge in [0.05, 0.1) is 5.69 Å². The van der Waals surface area contributed by atoms with Gasteiger partial charge in [-0.2, -0.15) is 5.10 Å². The number of carbonyl (C=O) groups is 1. The minimum atomic E-state index is -0.329. The van der Waals surface area contributed by atoms with Gasteiger partial charge in [-0.05, 0) is 36.8 Å². The number of para-hydroxylation sites is 1. The monoisotopic (exact) mass is 392 g/mol. The third kappa shape index (κ3) is 3.84. The van der Waals surface area contributed by atoms with E-state index < -0.39 is 0 Å². The molecular weight excluding hydrogens is 375 g/mol. The molecule has 2 aromatic heterocycles. The molecule has 0 saturated carbocycles. The summed E-state index contributed by atoms with van der Waals surface area (Å²) >= 11 is 1.32. The van der Waals surface area contributed by atoms with Crippen LogP contribution in [0.15, 0.2) is 66.9 Å². The van der Waals surface area contributed by atoms with E-state index in [-0.39, 0.29) is 11.7 Å². The summed E-state index contributed by atoms with van der Waals surface area (Å²) in [5.41, 5.74) is 2.66. The van der Waals surface area contributed by atoms with Gasteiger partial charge in [0, 0.05) is 23.2 Å². The van der Waals surface area contributed by atoms with Crippen molar-refractivity contribution in [3.63, 3.8) is 0 Å². The third-order valence-electron chi connectivity index (χ3n) is 4.22. The van der Waals surface area contributed by atoms with Crippen LogP contribution in [0.2, 0.25) is 0 Å². The molecule has 0 aliphatic rings. The van der Waals surface area contributed by atoms with Crippen molar-refractivity contribution in [2.75, 3.05) is 5.32 Å². The van der Waals surface area contributed by atoms with Crippen LogP contribution in [0.3, 0.4) is 0 Å². The highest BCUT2D eigenvalue weighted by Gasteiger charge is 2.15. The quantitative estimate of drug-likeness (QED) is 0.539. The molecular formula is C21H17FN4OS. The number of anilines is 1. The lowest BCUT2D eigenvalue weighted by molar-refractivity contribution is 0.102. The second kappa shape index (κ2) is 7.74. The first-order valence-electron chi connectivity index (χ1n) is 8.72. The van der Waals surface area contributed by atoms with Crippen molar-refractivity contribution in [3.05, 3.63) is 94.5 Å². The van der Waals surface area contributed by atoms with Crippen molar-refractivity contribution >= 4 is 22.4 Å². The molecule has 4 rings (SSSR count). The fourth-order valence-corrected chi connectivity index (χ4v) is 3.68. The summed E-state index contributed by atoms with van der Waals surface area (Å²) in [6, 6.07) is 18.0. The van der Waals surface area contributed by atoms with Gasteiger partial charge in [0.25, 0.3) is 5.91 Å². The first-order valence-corrected chi connectivity index (χ1v) is 9.53. The lowest BCUT2D eigenvalue weighted by atomic mass is 10.1. The van der Waals surface area contributed by atoms with E-state index in [0.717, 1.165) is 16.3 Å². The Kier molecular flexibility index (Phi) is 4.99. The smallest absolute Gasteiger partial charge is 0.277 e. The number of nitrogens with one attached hydrogen (secondary N) is 1. The van der Waals surface area contributed by atoms with Crippen LogP contribution < -0.4 is 5.32 Å². The standard InChI is InChI=1S/C21H17FN4OS/c1-14-11-19(25-26(14)16-8-3-2-4-9-16)20(27)24-21-23-13-17(28-21)12-15-7-5-6-10-18(15)22/h2-11,13H,12H2,1H3,(H,23,24,27). The second-order valence-corrected chi connectivity index (χ2v) is 7.39. The summed E-state index contributed by atoms with van der Waals surface area (Å²) in [6.07, 6.45) is 2.09. The molecule has 0 saturated heterocycles. The number of benzene rings is 2. The first-order chi connectivity index (χ1) is 13.6. The second-order valence-electron chi connectivity index (χ2n) is 6.27. The van der Waals surface area contributed by atoms with E-state index in [1.54, 1.807) is 35.1 Å². The Morgan fingerprint density at radius 2 is 1.89 bits per heavy atom. The van der Waals surface area contributed by atoms with Crippen LogP contribution in [0.5, 0.6) is 0 Å². The molecule has 2 aromatic carbocycles. The zero-order valence-corrected chi connectivity index (χ0v) is 15.9. The predicted molar refractivity (Wildman–Crippen MR) is 108 cm³/mol. The maximum atomic E-state index is 13.8. The third-order valence-corrected chi connectivity index (χ3v) is 5.13. The van der Waals surface area contributed by atoms with Crippen molar-refractivity contribution in [2.45, 2.75) is 13.3 Å². The van der Waals surface area contributed by atoms with Gasteiger partial charge in [-0.3, -0.25) is 10.1 Å². The van der Waals surface area contributed by atoms with Crippen LogP contribution in [-0.2, 0) is 6.42 Å². The number of rotatable bonds is 5. The molecule has 1 amide bonds. The van der Waals surface area contributed by atoms with E-state index >= 15 is 0 Å². The Bertz CT molecular complexity index is 1120. The topological polar surface area (TPSA) is 59.8 Å². The fraction of sp³-hybridized carbons (Fsp3) is 0.0952. The minimum absolute atomic E-state index is 0.247. The molecule has 0 radical (unpaired) electrons. The molecule has 28 heavy (non-hydrogen) atoms. The molecule has 5 nitrogen and oxygen atoms in total. The zero-order valence-electron chi connectivity index (χ0n) is 15.1. The van der Waals surface area contributed by atoms with Crippen molar-refractivity contribution in [3.8, 4) is 5.69 Å². The summed E-state index contributed by atoms with van der Waals surface area (Å²) in [5, 5.41) is 7.63. The van der Waals surface area contributed by atoms with Gasteiger partial charge in [0.2, 0.25) is 0 Å². The van der Waals surface area contributed by atoms with E-state index in [1.807, 2.05) is 37.3 Å². The van der Waals surface area contributed by atoms with Crippen LogP contribution in [-0.4, -0.2) is 20.7 Å². The lowest BCUT2D eigenvalue weighted by Crippen LogP contribution is -2.12. The molecule has 0 aliphatic carbocycles. The number of thiazole rings is 1. The van der Waals surface area contributed by atoms with Gasteiger partial charge in [0.15, 0.2) is 10.8 Å². The molecule has 7 heteroatoms. The maximum Gasteiger partial charge on any atom is 0.277 e. The number of hydrogen-bond donors (Lipinski definition) is 1. The zero-order chi connectivity index (χ0) is 19.5.